The lowest BCUT2D eigenvalue weighted by atomic mass is 9.89. The van der Waals surface area contributed by atoms with E-state index in [0.29, 0.717) is 17.0 Å². The molecule has 0 spiro atoms. The second-order valence-corrected chi connectivity index (χ2v) is 7.38. The molecule has 1 N–H and O–H groups in total. The molecule has 1 aliphatic rings. The van der Waals surface area contributed by atoms with Crippen molar-refractivity contribution in [3.8, 4) is 5.75 Å². The minimum absolute atomic E-state index is 0.00379. The number of fused-ring (bicyclic) bond motifs is 1. The highest BCUT2D eigenvalue weighted by atomic mass is 16.5. The number of anilines is 1. The van der Waals surface area contributed by atoms with Crippen LogP contribution in [0.3, 0.4) is 0 Å². The number of nitrogens with zero attached hydrogens (tertiary/aromatic N) is 1. The van der Waals surface area contributed by atoms with Crippen molar-refractivity contribution < 1.29 is 19.4 Å². The Balaban J connectivity index is 2.05. The third kappa shape index (κ3) is 3.47. The lowest BCUT2D eigenvalue weighted by Gasteiger charge is -2.24. The lowest BCUT2D eigenvalue weighted by molar-refractivity contribution is -0.141. The number of Topliss-reactive ketones (excluding diaryl/α,β-unsaturated/α-hetero) is 1. The van der Waals surface area contributed by atoms with Crippen LogP contribution in [0.25, 0.3) is 0 Å². The summed E-state index contributed by atoms with van der Waals surface area (Å²) in [7, 11) is 0. The van der Waals surface area contributed by atoms with Crippen molar-refractivity contribution in [3.05, 3.63) is 59.2 Å². The van der Waals surface area contributed by atoms with Crippen molar-refractivity contribution in [1.82, 2.24) is 0 Å². The van der Waals surface area contributed by atoms with Crippen LogP contribution in [0.1, 0.15) is 43.9 Å². The number of hydrogen-bond donors (Lipinski definition) is 1. The number of aliphatic hydroxyl groups is 1. The topological polar surface area (TPSA) is 66.8 Å². The van der Waals surface area contributed by atoms with Gasteiger partial charge >= 0.3 is 0 Å². The van der Waals surface area contributed by atoms with E-state index in [1.54, 1.807) is 17.0 Å². The predicted molar refractivity (Wildman–Crippen MR) is 104 cm³/mol. The highest BCUT2D eigenvalue weighted by Gasteiger charge is 2.50. The van der Waals surface area contributed by atoms with Crippen molar-refractivity contribution in [2.24, 2.45) is 0 Å². The van der Waals surface area contributed by atoms with E-state index in [2.05, 4.69) is 0 Å². The summed E-state index contributed by atoms with van der Waals surface area (Å²) in [6.45, 7) is 7.44. The highest BCUT2D eigenvalue weighted by molar-refractivity contribution is 6.09. The zero-order chi connectivity index (χ0) is 19.8. The van der Waals surface area contributed by atoms with E-state index in [1.165, 1.54) is 6.92 Å². The number of para-hydroxylation sites is 2. The zero-order valence-electron chi connectivity index (χ0n) is 16.2. The smallest absolute Gasteiger partial charge is 0.264 e. The Morgan fingerprint density at radius 3 is 2.56 bits per heavy atom. The average Bonchev–Trinajstić information content (AvgIpc) is 2.78. The molecule has 0 bridgehead atoms. The van der Waals surface area contributed by atoms with Gasteiger partial charge in [0.25, 0.3) is 5.91 Å². The molecule has 1 heterocycles. The minimum atomic E-state index is -1.82. The first kappa shape index (κ1) is 19.1. The number of ketones is 1. The molecule has 1 atom stereocenters. The first-order valence-electron chi connectivity index (χ1n) is 9.12. The minimum Gasteiger partial charge on any atom is -0.491 e. The second kappa shape index (κ2) is 7.16. The van der Waals surface area contributed by atoms with Gasteiger partial charge in [-0.2, -0.15) is 0 Å². The normalized spacial score (nSPS) is 18.7. The van der Waals surface area contributed by atoms with E-state index in [1.807, 2.05) is 51.1 Å². The van der Waals surface area contributed by atoms with Gasteiger partial charge in [-0.3, -0.25) is 9.59 Å². The summed E-state index contributed by atoms with van der Waals surface area (Å²) < 4.78 is 5.87. The molecule has 5 nitrogen and oxygen atoms in total. The summed E-state index contributed by atoms with van der Waals surface area (Å²) >= 11 is 0. The first-order chi connectivity index (χ1) is 12.7. The maximum atomic E-state index is 13.2. The lowest BCUT2D eigenvalue weighted by Crippen LogP contribution is -2.41. The number of amides is 1. The van der Waals surface area contributed by atoms with E-state index in [-0.39, 0.29) is 24.9 Å². The third-order valence-corrected chi connectivity index (χ3v) is 4.72. The van der Waals surface area contributed by atoms with Gasteiger partial charge in [0, 0.05) is 17.5 Å². The summed E-state index contributed by atoms with van der Waals surface area (Å²) in [5.74, 6) is 0.00230. The molecule has 2 aromatic rings. The Bertz CT molecular complexity index is 890. The Morgan fingerprint density at radius 1 is 1.19 bits per heavy atom. The third-order valence-electron chi connectivity index (χ3n) is 4.72. The van der Waals surface area contributed by atoms with Gasteiger partial charge in [-0.1, -0.05) is 36.4 Å². The summed E-state index contributed by atoms with van der Waals surface area (Å²) in [6, 6.07) is 13.0. The number of ether oxygens (including phenoxy) is 1. The van der Waals surface area contributed by atoms with Crippen LogP contribution in [0.5, 0.6) is 5.75 Å². The molecular weight excluding hydrogens is 342 g/mol. The molecule has 0 radical (unpaired) electrons. The molecule has 0 saturated heterocycles. The van der Waals surface area contributed by atoms with Crippen LogP contribution in [0.4, 0.5) is 5.69 Å². The highest BCUT2D eigenvalue weighted by Crippen LogP contribution is 2.45. The second-order valence-electron chi connectivity index (χ2n) is 7.38. The fourth-order valence-corrected chi connectivity index (χ4v) is 3.65. The van der Waals surface area contributed by atoms with Crippen LogP contribution in [0.15, 0.2) is 42.5 Å². The Morgan fingerprint density at radius 2 is 1.89 bits per heavy atom. The number of aryl methyl sites for hydroxylation is 1. The van der Waals surface area contributed by atoms with E-state index < -0.39 is 11.5 Å². The van der Waals surface area contributed by atoms with E-state index in [4.69, 9.17) is 4.74 Å². The SMILES string of the molecule is CC(=O)C[C@]1(O)C(=O)N(Cc2ccccc2OC(C)C)c2c(C)cccc21. The Kier molecular flexibility index (Phi) is 5.07. The molecule has 5 heteroatoms. The van der Waals surface area contributed by atoms with Crippen molar-refractivity contribution in [2.45, 2.75) is 52.4 Å². The molecule has 0 aliphatic carbocycles. The van der Waals surface area contributed by atoms with Gasteiger partial charge in [0.15, 0.2) is 5.60 Å². The number of rotatable bonds is 6. The van der Waals surface area contributed by atoms with Gasteiger partial charge < -0.3 is 14.7 Å². The molecule has 0 fully saturated rings. The molecule has 3 rings (SSSR count). The Labute approximate surface area is 159 Å². The maximum Gasteiger partial charge on any atom is 0.264 e. The van der Waals surface area contributed by atoms with Gasteiger partial charge in [0.2, 0.25) is 0 Å². The van der Waals surface area contributed by atoms with Crippen LogP contribution in [0.2, 0.25) is 0 Å². The van der Waals surface area contributed by atoms with E-state index >= 15 is 0 Å². The molecule has 0 saturated carbocycles. The van der Waals surface area contributed by atoms with E-state index in [0.717, 1.165) is 11.1 Å². The van der Waals surface area contributed by atoms with Crippen molar-refractivity contribution in [1.29, 1.82) is 0 Å². The van der Waals surface area contributed by atoms with Gasteiger partial charge in [-0.25, -0.2) is 0 Å². The number of benzene rings is 2. The van der Waals surface area contributed by atoms with Crippen LogP contribution >= 0.6 is 0 Å². The van der Waals surface area contributed by atoms with E-state index in [9.17, 15) is 14.7 Å². The van der Waals surface area contributed by atoms with Gasteiger partial charge in [0.05, 0.1) is 18.3 Å². The summed E-state index contributed by atoms with van der Waals surface area (Å²) in [5.41, 5.74) is 1.07. The fraction of sp³-hybridized carbons (Fsp3) is 0.364. The standard InChI is InChI=1S/C22H25NO4/c1-14(2)27-19-11-6-5-9-17(19)13-23-20-15(3)8-7-10-18(20)22(26,21(23)25)12-16(4)24/h5-11,14,26H,12-13H2,1-4H3/t22-/m1/s1. The molecule has 27 heavy (non-hydrogen) atoms. The Hall–Kier alpha value is -2.66. The zero-order valence-corrected chi connectivity index (χ0v) is 16.2. The summed E-state index contributed by atoms with van der Waals surface area (Å²) in [5, 5.41) is 11.1. The average molecular weight is 367 g/mol. The quantitative estimate of drug-likeness (QED) is 0.849. The molecule has 0 aromatic heterocycles. The van der Waals surface area contributed by atoms with Crippen LogP contribution in [-0.2, 0) is 21.7 Å². The fourth-order valence-electron chi connectivity index (χ4n) is 3.65. The van der Waals surface area contributed by atoms with Gasteiger partial charge in [0.1, 0.15) is 11.5 Å². The number of carbonyl (C=O) groups excluding carboxylic acids is 2. The van der Waals surface area contributed by atoms with Crippen LogP contribution in [0, 0.1) is 6.92 Å². The molecule has 1 aliphatic heterocycles. The number of hydrogen-bond acceptors (Lipinski definition) is 4. The summed E-state index contributed by atoms with van der Waals surface area (Å²) in [6.07, 6.45) is -0.229. The molecule has 142 valence electrons. The van der Waals surface area contributed by atoms with Crippen LogP contribution < -0.4 is 9.64 Å². The van der Waals surface area contributed by atoms with Crippen molar-refractivity contribution in [2.75, 3.05) is 4.90 Å². The van der Waals surface area contributed by atoms with Crippen molar-refractivity contribution in [3.63, 3.8) is 0 Å². The monoisotopic (exact) mass is 367 g/mol. The van der Waals surface area contributed by atoms with Gasteiger partial charge in [-0.15, -0.1) is 0 Å². The maximum absolute atomic E-state index is 13.2. The van der Waals surface area contributed by atoms with Crippen molar-refractivity contribution >= 4 is 17.4 Å². The largest absolute Gasteiger partial charge is 0.491 e. The predicted octanol–water partition coefficient (Wildman–Crippen LogP) is 3.50. The molecule has 1 amide bonds. The molecule has 2 aromatic carbocycles. The molecular formula is C22H25NO4. The first-order valence-corrected chi connectivity index (χ1v) is 9.12. The van der Waals surface area contributed by atoms with Crippen LogP contribution in [-0.4, -0.2) is 22.9 Å². The number of carbonyl (C=O) groups is 2. The summed E-state index contributed by atoms with van der Waals surface area (Å²) in [4.78, 5) is 26.5. The molecule has 0 unspecified atom stereocenters. The van der Waals surface area contributed by atoms with Gasteiger partial charge in [-0.05, 0) is 39.3 Å².